The van der Waals surface area contributed by atoms with E-state index in [0.29, 0.717) is 17.9 Å². The molecule has 1 N–H and O–H groups in total. The van der Waals surface area contributed by atoms with E-state index in [2.05, 4.69) is 9.97 Å². The van der Waals surface area contributed by atoms with E-state index in [-0.39, 0.29) is 5.69 Å². The lowest BCUT2D eigenvalue weighted by Gasteiger charge is -2.09. The number of hydrogen-bond acceptors (Lipinski definition) is 3. The maximum Gasteiger partial charge on any atom is 0.328 e. The number of nitrogens with one attached hydrogen (secondary N) is 1. The van der Waals surface area contributed by atoms with Gasteiger partial charge < -0.3 is 0 Å². The van der Waals surface area contributed by atoms with Crippen LogP contribution in [0.3, 0.4) is 0 Å². The van der Waals surface area contributed by atoms with Crippen LogP contribution in [-0.2, 0) is 6.54 Å². The summed E-state index contributed by atoms with van der Waals surface area (Å²) in [5, 5.41) is 0. The molecule has 2 heterocycles. The summed E-state index contributed by atoms with van der Waals surface area (Å²) in [6.07, 6.45) is 2.45. The molecule has 0 aliphatic heterocycles. The Balaban J connectivity index is 2.67. The summed E-state index contributed by atoms with van der Waals surface area (Å²) in [6.45, 7) is 2.53. The molecule has 0 aromatic carbocycles. The van der Waals surface area contributed by atoms with Crippen LogP contribution in [0.1, 0.15) is 13.3 Å². The van der Waals surface area contributed by atoms with Crippen LogP contribution in [0.15, 0.2) is 40.1 Å². The summed E-state index contributed by atoms with van der Waals surface area (Å²) < 4.78 is 1.53. The van der Waals surface area contributed by atoms with Crippen molar-refractivity contribution in [2.24, 2.45) is 0 Å². The van der Waals surface area contributed by atoms with E-state index in [9.17, 15) is 9.59 Å². The van der Waals surface area contributed by atoms with Crippen molar-refractivity contribution in [3.8, 4) is 11.4 Å². The normalized spacial score (nSPS) is 10.4. The SMILES string of the molecule is CCCn1c(-c2ccccn2)cc(=O)[nH]c1=O. The summed E-state index contributed by atoms with van der Waals surface area (Å²) >= 11 is 0. The largest absolute Gasteiger partial charge is 0.328 e. The highest BCUT2D eigenvalue weighted by molar-refractivity contribution is 5.53. The first kappa shape index (κ1) is 11.3. The third kappa shape index (κ3) is 2.33. The number of aromatic amines is 1. The first-order valence-corrected chi connectivity index (χ1v) is 5.48. The van der Waals surface area contributed by atoms with Gasteiger partial charge in [0.2, 0.25) is 0 Å². The standard InChI is InChI=1S/C12H13N3O2/c1-2-7-15-10(8-11(16)14-12(15)17)9-5-3-4-6-13-9/h3-6,8H,2,7H2,1H3,(H,14,16,17). The average molecular weight is 231 g/mol. The molecule has 5 nitrogen and oxygen atoms in total. The van der Waals surface area contributed by atoms with Gasteiger partial charge in [-0.2, -0.15) is 0 Å². The summed E-state index contributed by atoms with van der Waals surface area (Å²) in [5.74, 6) is 0. The highest BCUT2D eigenvalue weighted by Gasteiger charge is 2.08. The van der Waals surface area contributed by atoms with Crippen LogP contribution in [-0.4, -0.2) is 14.5 Å². The van der Waals surface area contributed by atoms with Crippen molar-refractivity contribution in [3.05, 3.63) is 51.3 Å². The molecule has 0 unspecified atom stereocenters. The third-order valence-corrected chi connectivity index (χ3v) is 2.41. The van der Waals surface area contributed by atoms with E-state index < -0.39 is 5.56 Å². The van der Waals surface area contributed by atoms with Gasteiger partial charge in [-0.25, -0.2) is 4.79 Å². The summed E-state index contributed by atoms with van der Waals surface area (Å²) in [5.41, 5.74) is 0.397. The minimum atomic E-state index is -0.400. The zero-order chi connectivity index (χ0) is 12.3. The summed E-state index contributed by atoms with van der Waals surface area (Å²) in [6, 6.07) is 6.79. The van der Waals surface area contributed by atoms with E-state index in [4.69, 9.17) is 0 Å². The van der Waals surface area contributed by atoms with Crippen molar-refractivity contribution in [1.82, 2.24) is 14.5 Å². The number of rotatable bonds is 3. The molecule has 0 atom stereocenters. The minimum Gasteiger partial charge on any atom is -0.292 e. The number of pyridine rings is 1. The molecule has 17 heavy (non-hydrogen) atoms. The lowest BCUT2D eigenvalue weighted by molar-refractivity contribution is 0.638. The van der Waals surface area contributed by atoms with Gasteiger partial charge in [-0.1, -0.05) is 13.0 Å². The quantitative estimate of drug-likeness (QED) is 0.857. The second kappa shape index (κ2) is 4.78. The monoisotopic (exact) mass is 231 g/mol. The molecule has 0 radical (unpaired) electrons. The molecule has 2 aromatic heterocycles. The van der Waals surface area contributed by atoms with Gasteiger partial charge >= 0.3 is 5.69 Å². The predicted octanol–water partition coefficient (Wildman–Crippen LogP) is 1.01. The Kier molecular flexibility index (Phi) is 3.18. The average Bonchev–Trinajstić information content (AvgIpc) is 2.33. The first-order valence-electron chi connectivity index (χ1n) is 5.48. The smallest absolute Gasteiger partial charge is 0.292 e. The van der Waals surface area contributed by atoms with Crippen LogP contribution in [0.4, 0.5) is 0 Å². The van der Waals surface area contributed by atoms with Crippen LogP contribution in [0.2, 0.25) is 0 Å². The first-order chi connectivity index (χ1) is 8.22. The Morgan fingerprint density at radius 1 is 1.35 bits per heavy atom. The molecule has 2 rings (SSSR count). The van der Waals surface area contributed by atoms with E-state index >= 15 is 0 Å². The minimum absolute atomic E-state index is 0.389. The van der Waals surface area contributed by atoms with E-state index in [1.54, 1.807) is 18.3 Å². The topological polar surface area (TPSA) is 67.8 Å². The molecule has 0 bridgehead atoms. The van der Waals surface area contributed by atoms with Crippen molar-refractivity contribution >= 4 is 0 Å². The Hall–Kier alpha value is -2.17. The molecule has 88 valence electrons. The maximum absolute atomic E-state index is 11.7. The highest BCUT2D eigenvalue weighted by Crippen LogP contribution is 2.12. The Bertz CT molecular complexity index is 614. The lowest BCUT2D eigenvalue weighted by Crippen LogP contribution is -2.30. The van der Waals surface area contributed by atoms with Gasteiger partial charge in [0.1, 0.15) is 0 Å². The number of H-pyrrole nitrogens is 1. The molecule has 0 amide bonds. The molecule has 5 heteroatoms. The van der Waals surface area contributed by atoms with Gasteiger partial charge in [0.15, 0.2) is 0 Å². The summed E-state index contributed by atoms with van der Waals surface area (Å²) in [4.78, 5) is 29.5. The van der Waals surface area contributed by atoms with Crippen molar-refractivity contribution in [2.45, 2.75) is 19.9 Å². The number of nitrogens with zero attached hydrogens (tertiary/aromatic N) is 2. The Morgan fingerprint density at radius 3 is 2.82 bits per heavy atom. The van der Waals surface area contributed by atoms with Gasteiger partial charge in [0.05, 0.1) is 11.4 Å². The summed E-state index contributed by atoms with van der Waals surface area (Å²) in [7, 11) is 0. The van der Waals surface area contributed by atoms with Crippen molar-refractivity contribution < 1.29 is 0 Å². The molecular formula is C12H13N3O2. The fourth-order valence-electron chi connectivity index (χ4n) is 1.69. The van der Waals surface area contributed by atoms with Crippen molar-refractivity contribution in [1.29, 1.82) is 0 Å². The molecular weight excluding hydrogens is 218 g/mol. The van der Waals surface area contributed by atoms with Crippen molar-refractivity contribution in [2.75, 3.05) is 0 Å². The molecule has 0 fully saturated rings. The zero-order valence-electron chi connectivity index (χ0n) is 9.51. The molecule has 2 aromatic rings. The lowest BCUT2D eigenvalue weighted by atomic mass is 10.2. The number of aromatic nitrogens is 3. The van der Waals surface area contributed by atoms with Crippen molar-refractivity contribution in [3.63, 3.8) is 0 Å². The van der Waals surface area contributed by atoms with E-state index in [1.807, 2.05) is 13.0 Å². The predicted molar refractivity (Wildman–Crippen MR) is 64.8 cm³/mol. The van der Waals surface area contributed by atoms with E-state index in [1.165, 1.54) is 10.6 Å². The third-order valence-electron chi connectivity index (χ3n) is 2.41. The second-order valence-electron chi connectivity index (χ2n) is 3.69. The molecule has 0 aliphatic rings. The van der Waals surface area contributed by atoms with Gasteiger partial charge in [-0.3, -0.25) is 19.3 Å². The van der Waals surface area contributed by atoms with E-state index in [0.717, 1.165) is 6.42 Å². The van der Waals surface area contributed by atoms with Crippen LogP contribution in [0.25, 0.3) is 11.4 Å². The van der Waals surface area contributed by atoms with Crippen LogP contribution in [0.5, 0.6) is 0 Å². The molecule has 0 saturated heterocycles. The van der Waals surface area contributed by atoms with Gasteiger partial charge in [0.25, 0.3) is 5.56 Å². The molecule has 0 spiro atoms. The Morgan fingerprint density at radius 2 is 2.18 bits per heavy atom. The fraction of sp³-hybridized carbons (Fsp3) is 0.250. The van der Waals surface area contributed by atoms with Gasteiger partial charge in [0, 0.05) is 18.8 Å². The van der Waals surface area contributed by atoms with Gasteiger partial charge in [-0.05, 0) is 18.6 Å². The molecule has 0 saturated carbocycles. The Labute approximate surface area is 97.8 Å². The molecule has 0 aliphatic carbocycles. The fourth-order valence-corrected chi connectivity index (χ4v) is 1.69. The maximum atomic E-state index is 11.7. The second-order valence-corrected chi connectivity index (χ2v) is 3.69. The van der Waals surface area contributed by atoms with Crippen LogP contribution >= 0.6 is 0 Å². The van der Waals surface area contributed by atoms with Crippen LogP contribution < -0.4 is 11.2 Å². The number of hydrogen-bond donors (Lipinski definition) is 1. The van der Waals surface area contributed by atoms with Gasteiger partial charge in [-0.15, -0.1) is 0 Å². The highest BCUT2D eigenvalue weighted by atomic mass is 16.2. The van der Waals surface area contributed by atoms with Crippen LogP contribution in [0, 0.1) is 0 Å². The zero-order valence-corrected chi connectivity index (χ0v) is 9.51.